The molecule has 2 aromatic carbocycles. The SMILES string of the molecule is CCCOc1cccc(C(Cc2cccc(C)c2)NC)c1. The van der Waals surface area contributed by atoms with Crippen LogP contribution in [-0.2, 0) is 6.42 Å². The van der Waals surface area contributed by atoms with Crippen molar-refractivity contribution in [3.05, 3.63) is 65.2 Å². The molecule has 0 heterocycles. The van der Waals surface area contributed by atoms with Crippen molar-refractivity contribution in [1.29, 1.82) is 0 Å². The predicted octanol–water partition coefficient (Wildman–Crippen LogP) is 4.29. The lowest BCUT2D eigenvalue weighted by molar-refractivity contribution is 0.317. The summed E-state index contributed by atoms with van der Waals surface area (Å²) in [4.78, 5) is 0. The second-order valence-corrected chi connectivity index (χ2v) is 5.46. The molecule has 2 rings (SSSR count). The van der Waals surface area contributed by atoms with Crippen molar-refractivity contribution >= 4 is 0 Å². The second-order valence-electron chi connectivity index (χ2n) is 5.46. The van der Waals surface area contributed by atoms with E-state index in [2.05, 4.69) is 61.6 Å². The maximum Gasteiger partial charge on any atom is 0.119 e. The first-order valence-corrected chi connectivity index (χ1v) is 7.68. The second kappa shape index (κ2) is 7.84. The van der Waals surface area contributed by atoms with E-state index in [1.165, 1.54) is 16.7 Å². The Bertz CT molecular complexity index is 565. The highest BCUT2D eigenvalue weighted by molar-refractivity contribution is 5.32. The lowest BCUT2D eigenvalue weighted by Crippen LogP contribution is -2.19. The molecule has 0 bridgehead atoms. The van der Waals surface area contributed by atoms with E-state index in [1.807, 2.05) is 13.1 Å². The molecule has 21 heavy (non-hydrogen) atoms. The van der Waals surface area contributed by atoms with Gasteiger partial charge >= 0.3 is 0 Å². The zero-order valence-electron chi connectivity index (χ0n) is 13.2. The summed E-state index contributed by atoms with van der Waals surface area (Å²) < 4.78 is 5.73. The minimum absolute atomic E-state index is 0.303. The van der Waals surface area contributed by atoms with Crippen LogP contribution in [0.2, 0.25) is 0 Å². The molecule has 2 nitrogen and oxygen atoms in total. The summed E-state index contributed by atoms with van der Waals surface area (Å²) in [6, 6.07) is 17.4. The van der Waals surface area contributed by atoms with Gasteiger partial charge in [-0.3, -0.25) is 0 Å². The molecule has 0 aliphatic rings. The Morgan fingerprint density at radius 1 is 1.10 bits per heavy atom. The van der Waals surface area contributed by atoms with Gasteiger partial charge in [-0.1, -0.05) is 48.9 Å². The molecule has 0 saturated carbocycles. The van der Waals surface area contributed by atoms with Gasteiger partial charge in [0.1, 0.15) is 5.75 Å². The topological polar surface area (TPSA) is 21.3 Å². The molecule has 1 atom stereocenters. The van der Waals surface area contributed by atoms with Crippen molar-refractivity contribution in [2.45, 2.75) is 32.7 Å². The lowest BCUT2D eigenvalue weighted by Gasteiger charge is -2.18. The molecule has 1 N–H and O–H groups in total. The van der Waals surface area contributed by atoms with Gasteiger partial charge < -0.3 is 10.1 Å². The van der Waals surface area contributed by atoms with E-state index in [0.717, 1.165) is 25.2 Å². The van der Waals surface area contributed by atoms with Crippen LogP contribution in [0.3, 0.4) is 0 Å². The molecule has 2 heteroatoms. The van der Waals surface area contributed by atoms with Crippen LogP contribution in [0.25, 0.3) is 0 Å². The molecule has 0 aliphatic carbocycles. The van der Waals surface area contributed by atoms with Crippen molar-refractivity contribution in [3.63, 3.8) is 0 Å². The smallest absolute Gasteiger partial charge is 0.119 e. The van der Waals surface area contributed by atoms with E-state index in [1.54, 1.807) is 0 Å². The molecule has 0 amide bonds. The summed E-state index contributed by atoms with van der Waals surface area (Å²) in [6.45, 7) is 5.03. The highest BCUT2D eigenvalue weighted by atomic mass is 16.5. The first kappa shape index (κ1) is 15.6. The molecular formula is C19H25NO. The van der Waals surface area contributed by atoms with Crippen LogP contribution in [0, 0.1) is 6.92 Å². The number of nitrogens with one attached hydrogen (secondary N) is 1. The number of aryl methyl sites for hydroxylation is 1. The van der Waals surface area contributed by atoms with Crippen molar-refractivity contribution in [3.8, 4) is 5.75 Å². The quantitative estimate of drug-likeness (QED) is 0.818. The Hall–Kier alpha value is -1.80. The number of rotatable bonds is 7. The number of hydrogen-bond acceptors (Lipinski definition) is 2. The summed E-state index contributed by atoms with van der Waals surface area (Å²) in [5.41, 5.74) is 3.93. The summed E-state index contributed by atoms with van der Waals surface area (Å²) in [7, 11) is 2.01. The molecule has 0 saturated heterocycles. The van der Waals surface area contributed by atoms with E-state index in [-0.39, 0.29) is 0 Å². The van der Waals surface area contributed by atoms with Crippen molar-refractivity contribution in [1.82, 2.24) is 5.32 Å². The molecule has 0 radical (unpaired) electrons. The predicted molar refractivity (Wildman–Crippen MR) is 88.9 cm³/mol. The number of ether oxygens (including phenoxy) is 1. The van der Waals surface area contributed by atoms with E-state index in [0.29, 0.717) is 6.04 Å². The number of benzene rings is 2. The Kier molecular flexibility index (Phi) is 5.82. The maximum atomic E-state index is 5.73. The summed E-state index contributed by atoms with van der Waals surface area (Å²) in [5.74, 6) is 0.957. The zero-order valence-corrected chi connectivity index (χ0v) is 13.2. The van der Waals surface area contributed by atoms with E-state index in [9.17, 15) is 0 Å². The van der Waals surface area contributed by atoms with Crippen LogP contribution in [-0.4, -0.2) is 13.7 Å². The number of hydrogen-bond donors (Lipinski definition) is 1. The third-order valence-corrected chi connectivity index (χ3v) is 3.60. The number of likely N-dealkylation sites (N-methyl/N-ethyl adjacent to an activating group) is 1. The molecule has 0 aromatic heterocycles. The van der Waals surface area contributed by atoms with Gasteiger partial charge in [0.05, 0.1) is 6.61 Å². The molecule has 2 aromatic rings. The zero-order chi connectivity index (χ0) is 15.1. The molecule has 1 unspecified atom stereocenters. The third-order valence-electron chi connectivity index (χ3n) is 3.60. The maximum absolute atomic E-state index is 5.73. The van der Waals surface area contributed by atoms with Crippen LogP contribution in [0.15, 0.2) is 48.5 Å². The lowest BCUT2D eigenvalue weighted by atomic mass is 9.98. The fraction of sp³-hybridized carbons (Fsp3) is 0.368. The van der Waals surface area contributed by atoms with Gasteiger partial charge in [-0.05, 0) is 50.1 Å². The van der Waals surface area contributed by atoms with Gasteiger partial charge in [0.25, 0.3) is 0 Å². The van der Waals surface area contributed by atoms with Gasteiger partial charge in [0, 0.05) is 6.04 Å². The fourth-order valence-electron chi connectivity index (χ4n) is 2.50. The van der Waals surface area contributed by atoms with Gasteiger partial charge in [-0.25, -0.2) is 0 Å². The van der Waals surface area contributed by atoms with Gasteiger partial charge in [0.15, 0.2) is 0 Å². The van der Waals surface area contributed by atoms with Crippen molar-refractivity contribution in [2.75, 3.05) is 13.7 Å². The summed E-state index contributed by atoms with van der Waals surface area (Å²) in [5, 5.41) is 3.41. The average molecular weight is 283 g/mol. The Morgan fingerprint density at radius 3 is 2.62 bits per heavy atom. The van der Waals surface area contributed by atoms with Crippen LogP contribution >= 0.6 is 0 Å². The molecular weight excluding hydrogens is 258 g/mol. The molecule has 0 aliphatic heterocycles. The van der Waals surface area contributed by atoms with E-state index in [4.69, 9.17) is 4.74 Å². The Labute approximate surface area is 128 Å². The van der Waals surface area contributed by atoms with Crippen LogP contribution in [0.1, 0.15) is 36.1 Å². The van der Waals surface area contributed by atoms with Gasteiger partial charge in [-0.15, -0.1) is 0 Å². The normalized spacial score (nSPS) is 12.1. The average Bonchev–Trinajstić information content (AvgIpc) is 2.51. The minimum Gasteiger partial charge on any atom is -0.494 e. The van der Waals surface area contributed by atoms with Crippen molar-refractivity contribution in [2.24, 2.45) is 0 Å². The highest BCUT2D eigenvalue weighted by Crippen LogP contribution is 2.23. The van der Waals surface area contributed by atoms with E-state index >= 15 is 0 Å². The van der Waals surface area contributed by atoms with Crippen LogP contribution in [0.5, 0.6) is 5.75 Å². The first-order valence-electron chi connectivity index (χ1n) is 7.68. The first-order chi connectivity index (χ1) is 10.2. The highest BCUT2D eigenvalue weighted by Gasteiger charge is 2.11. The van der Waals surface area contributed by atoms with Crippen LogP contribution in [0.4, 0.5) is 0 Å². The van der Waals surface area contributed by atoms with Crippen LogP contribution < -0.4 is 10.1 Å². The Balaban J connectivity index is 2.13. The minimum atomic E-state index is 0.303. The molecule has 112 valence electrons. The third kappa shape index (κ3) is 4.61. The van der Waals surface area contributed by atoms with Gasteiger partial charge in [0.2, 0.25) is 0 Å². The van der Waals surface area contributed by atoms with Crippen molar-refractivity contribution < 1.29 is 4.74 Å². The Morgan fingerprint density at radius 2 is 1.90 bits per heavy atom. The standard InChI is InChI=1S/C19H25NO/c1-4-11-21-18-10-6-9-17(14-18)19(20-3)13-16-8-5-7-15(2)12-16/h5-10,12,14,19-20H,4,11,13H2,1-3H3. The molecule has 0 fully saturated rings. The summed E-state index contributed by atoms with van der Waals surface area (Å²) in [6.07, 6.45) is 2.01. The largest absolute Gasteiger partial charge is 0.494 e. The molecule has 0 spiro atoms. The fourth-order valence-corrected chi connectivity index (χ4v) is 2.50. The summed E-state index contributed by atoms with van der Waals surface area (Å²) >= 11 is 0. The van der Waals surface area contributed by atoms with Gasteiger partial charge in [-0.2, -0.15) is 0 Å². The monoisotopic (exact) mass is 283 g/mol. The van der Waals surface area contributed by atoms with E-state index < -0.39 is 0 Å².